The van der Waals surface area contributed by atoms with Crippen molar-refractivity contribution in [2.75, 3.05) is 19.0 Å². The van der Waals surface area contributed by atoms with Crippen LogP contribution < -0.4 is 10.2 Å². The molecule has 0 fully saturated rings. The molecule has 2 rings (SSSR count). The molecule has 1 N–H and O–H groups in total. The molecule has 0 saturated heterocycles. The molecule has 1 aromatic heterocycles. The third kappa shape index (κ3) is 4.66. The Bertz CT molecular complexity index is 598. The van der Waals surface area contributed by atoms with Crippen LogP contribution in [-0.4, -0.2) is 30.3 Å². The number of nitrogens with one attached hydrogen (secondary N) is 1. The number of benzene rings is 1. The van der Waals surface area contributed by atoms with E-state index in [1.807, 2.05) is 19.0 Å². The molecule has 21 heavy (non-hydrogen) atoms. The molecule has 0 radical (unpaired) electrons. The molecule has 0 aliphatic heterocycles. The van der Waals surface area contributed by atoms with Gasteiger partial charge in [-0.2, -0.15) is 0 Å². The standard InChI is InChI=1S/C14H19FN4S2/c1-9(2)16-8-10-7-11(15)5-6-12(10)20-14-18-17-13(21-14)19(3)4/h5-7,9,16H,8H2,1-4H3. The topological polar surface area (TPSA) is 41.1 Å². The fourth-order valence-corrected chi connectivity index (χ4v) is 3.45. The van der Waals surface area contributed by atoms with Crippen molar-refractivity contribution in [1.82, 2.24) is 15.5 Å². The Morgan fingerprint density at radius 1 is 1.33 bits per heavy atom. The predicted molar refractivity (Wildman–Crippen MR) is 86.7 cm³/mol. The highest BCUT2D eigenvalue weighted by Gasteiger charge is 2.11. The Hall–Kier alpha value is -1.18. The van der Waals surface area contributed by atoms with Crippen LogP contribution in [0.25, 0.3) is 0 Å². The second-order valence-electron chi connectivity index (χ2n) is 5.13. The summed E-state index contributed by atoms with van der Waals surface area (Å²) in [7, 11) is 3.87. The molecule has 0 aliphatic carbocycles. The zero-order valence-corrected chi connectivity index (χ0v) is 14.2. The summed E-state index contributed by atoms with van der Waals surface area (Å²) in [5, 5.41) is 12.5. The highest BCUT2D eigenvalue weighted by molar-refractivity contribution is 8.01. The quantitative estimate of drug-likeness (QED) is 0.881. The van der Waals surface area contributed by atoms with Gasteiger partial charge in [0.1, 0.15) is 5.82 Å². The third-order valence-corrected chi connectivity index (χ3v) is 4.96. The Balaban J connectivity index is 2.17. The molecule has 7 heteroatoms. The van der Waals surface area contributed by atoms with Gasteiger partial charge in [0.25, 0.3) is 0 Å². The highest BCUT2D eigenvalue weighted by Crippen LogP contribution is 2.34. The Kier molecular flexibility index (Phi) is 5.55. The van der Waals surface area contributed by atoms with Gasteiger partial charge in [0.2, 0.25) is 5.13 Å². The fourth-order valence-electron chi connectivity index (χ4n) is 1.62. The van der Waals surface area contributed by atoms with E-state index in [1.54, 1.807) is 12.1 Å². The average Bonchev–Trinajstić information content (AvgIpc) is 2.87. The molecule has 4 nitrogen and oxygen atoms in total. The van der Waals surface area contributed by atoms with Gasteiger partial charge in [-0.3, -0.25) is 0 Å². The second-order valence-corrected chi connectivity index (χ2v) is 7.38. The Labute approximate surface area is 132 Å². The Morgan fingerprint density at radius 3 is 2.71 bits per heavy atom. The monoisotopic (exact) mass is 326 g/mol. The Morgan fingerprint density at radius 2 is 2.10 bits per heavy atom. The van der Waals surface area contributed by atoms with E-state index in [0.717, 1.165) is 19.9 Å². The third-order valence-electron chi connectivity index (χ3n) is 2.70. The smallest absolute Gasteiger partial charge is 0.208 e. The van der Waals surface area contributed by atoms with E-state index in [1.165, 1.54) is 29.2 Å². The van der Waals surface area contributed by atoms with Gasteiger partial charge >= 0.3 is 0 Å². The number of hydrogen-bond acceptors (Lipinski definition) is 6. The van der Waals surface area contributed by atoms with Crippen LogP contribution in [0, 0.1) is 5.82 Å². The summed E-state index contributed by atoms with van der Waals surface area (Å²) in [6.07, 6.45) is 0. The first-order valence-corrected chi connectivity index (χ1v) is 8.29. The van der Waals surface area contributed by atoms with Crippen LogP contribution in [0.5, 0.6) is 0 Å². The first-order valence-electron chi connectivity index (χ1n) is 6.66. The van der Waals surface area contributed by atoms with Crippen LogP contribution in [0.15, 0.2) is 27.4 Å². The van der Waals surface area contributed by atoms with Crippen molar-refractivity contribution < 1.29 is 4.39 Å². The summed E-state index contributed by atoms with van der Waals surface area (Å²) in [6.45, 7) is 4.78. The number of rotatable bonds is 6. The molecule has 2 aromatic rings. The van der Waals surface area contributed by atoms with E-state index >= 15 is 0 Å². The van der Waals surface area contributed by atoms with E-state index < -0.39 is 0 Å². The molecule has 0 unspecified atom stereocenters. The van der Waals surface area contributed by atoms with E-state index in [0.29, 0.717) is 12.6 Å². The fraction of sp³-hybridized carbons (Fsp3) is 0.429. The first-order chi connectivity index (χ1) is 9.95. The minimum Gasteiger partial charge on any atom is -0.353 e. The number of hydrogen-bond donors (Lipinski definition) is 1. The summed E-state index contributed by atoms with van der Waals surface area (Å²) in [4.78, 5) is 2.93. The van der Waals surface area contributed by atoms with Crippen molar-refractivity contribution in [2.45, 2.75) is 35.7 Å². The summed E-state index contributed by atoms with van der Waals surface area (Å²) >= 11 is 3.05. The van der Waals surface area contributed by atoms with Gasteiger partial charge in [0.15, 0.2) is 4.34 Å². The molecule has 1 aromatic carbocycles. The molecule has 0 saturated carbocycles. The molecule has 0 aliphatic rings. The van der Waals surface area contributed by atoms with E-state index in [2.05, 4.69) is 29.4 Å². The van der Waals surface area contributed by atoms with Crippen LogP contribution in [0.1, 0.15) is 19.4 Å². The van der Waals surface area contributed by atoms with Gasteiger partial charge < -0.3 is 10.2 Å². The van der Waals surface area contributed by atoms with Gasteiger partial charge in [0.05, 0.1) is 0 Å². The maximum Gasteiger partial charge on any atom is 0.208 e. The first kappa shape index (κ1) is 16.2. The zero-order chi connectivity index (χ0) is 15.4. The second kappa shape index (κ2) is 7.20. The van der Waals surface area contributed by atoms with Gasteiger partial charge in [-0.15, -0.1) is 10.2 Å². The van der Waals surface area contributed by atoms with Crippen molar-refractivity contribution in [2.24, 2.45) is 0 Å². The minimum atomic E-state index is -0.217. The lowest BCUT2D eigenvalue weighted by Gasteiger charge is -2.11. The van der Waals surface area contributed by atoms with Crippen molar-refractivity contribution in [3.05, 3.63) is 29.6 Å². The summed E-state index contributed by atoms with van der Waals surface area (Å²) in [5.74, 6) is -0.217. The number of anilines is 1. The highest BCUT2D eigenvalue weighted by atomic mass is 32.2. The SMILES string of the molecule is CC(C)NCc1cc(F)ccc1Sc1nnc(N(C)C)s1. The van der Waals surface area contributed by atoms with Gasteiger partial charge in [-0.25, -0.2) is 4.39 Å². The molecule has 0 spiro atoms. The van der Waals surface area contributed by atoms with Crippen molar-refractivity contribution in [3.8, 4) is 0 Å². The van der Waals surface area contributed by atoms with Crippen LogP contribution in [0.4, 0.5) is 9.52 Å². The lowest BCUT2D eigenvalue weighted by Crippen LogP contribution is -2.22. The summed E-state index contributed by atoms with van der Waals surface area (Å²) in [6, 6.07) is 5.21. The van der Waals surface area contributed by atoms with Crippen LogP contribution >= 0.6 is 23.1 Å². The maximum absolute atomic E-state index is 13.5. The normalized spacial score (nSPS) is 11.1. The predicted octanol–water partition coefficient (Wildman–Crippen LogP) is 3.39. The molecule has 1 heterocycles. The number of halogens is 1. The number of nitrogens with zero attached hydrogens (tertiary/aromatic N) is 3. The van der Waals surface area contributed by atoms with E-state index in [4.69, 9.17) is 0 Å². The molecule has 0 amide bonds. The van der Waals surface area contributed by atoms with Gasteiger partial charge in [0, 0.05) is 31.6 Å². The largest absolute Gasteiger partial charge is 0.353 e. The number of aromatic nitrogens is 2. The van der Waals surface area contributed by atoms with Crippen LogP contribution in [0.2, 0.25) is 0 Å². The van der Waals surface area contributed by atoms with E-state index in [-0.39, 0.29) is 5.82 Å². The van der Waals surface area contributed by atoms with Gasteiger partial charge in [-0.05, 0) is 23.8 Å². The zero-order valence-electron chi connectivity index (χ0n) is 12.6. The lowest BCUT2D eigenvalue weighted by atomic mass is 10.2. The molecule has 114 valence electrons. The molecular formula is C14H19FN4S2. The maximum atomic E-state index is 13.5. The van der Waals surface area contributed by atoms with E-state index in [9.17, 15) is 4.39 Å². The molecule has 0 atom stereocenters. The summed E-state index contributed by atoms with van der Waals surface area (Å²) in [5.41, 5.74) is 0.940. The van der Waals surface area contributed by atoms with Crippen LogP contribution in [-0.2, 0) is 6.54 Å². The van der Waals surface area contributed by atoms with Crippen molar-refractivity contribution >= 4 is 28.2 Å². The van der Waals surface area contributed by atoms with Crippen molar-refractivity contribution in [3.63, 3.8) is 0 Å². The van der Waals surface area contributed by atoms with Crippen molar-refractivity contribution in [1.29, 1.82) is 0 Å². The minimum absolute atomic E-state index is 0.217. The summed E-state index contributed by atoms with van der Waals surface area (Å²) < 4.78 is 14.3. The van der Waals surface area contributed by atoms with Crippen LogP contribution in [0.3, 0.4) is 0 Å². The lowest BCUT2D eigenvalue weighted by molar-refractivity contribution is 0.576. The average molecular weight is 326 g/mol. The molecule has 0 bridgehead atoms. The molecular weight excluding hydrogens is 307 g/mol. The van der Waals surface area contributed by atoms with Gasteiger partial charge in [-0.1, -0.05) is 36.9 Å².